The van der Waals surface area contributed by atoms with Crippen LogP contribution in [0.4, 0.5) is 4.79 Å². The van der Waals surface area contributed by atoms with E-state index in [4.69, 9.17) is 0 Å². The number of likely N-dealkylation sites (tertiary alicyclic amines) is 1. The maximum atomic E-state index is 12.7. The number of urea groups is 1. The molecule has 0 saturated carbocycles. The first kappa shape index (κ1) is 17.8. The molecule has 1 aromatic heterocycles. The number of hydrogen-bond donors (Lipinski definition) is 2. The van der Waals surface area contributed by atoms with Gasteiger partial charge in [0.05, 0.1) is 6.04 Å². The summed E-state index contributed by atoms with van der Waals surface area (Å²) in [6, 6.07) is 1.64. The molecule has 0 radical (unpaired) electrons. The van der Waals surface area contributed by atoms with Crippen molar-refractivity contribution in [3.05, 3.63) is 21.4 Å². The summed E-state index contributed by atoms with van der Waals surface area (Å²) in [5.74, 6) is 0.203. The lowest BCUT2D eigenvalue weighted by Crippen LogP contribution is -2.50. The van der Waals surface area contributed by atoms with Crippen LogP contribution in [0, 0.1) is 19.8 Å². The van der Waals surface area contributed by atoms with E-state index in [1.165, 1.54) is 15.3 Å². The molecule has 2 rings (SSSR count). The third-order valence-electron chi connectivity index (χ3n) is 4.42. The van der Waals surface area contributed by atoms with Gasteiger partial charge in [0.15, 0.2) is 0 Å². The summed E-state index contributed by atoms with van der Waals surface area (Å²) >= 11 is 1.75. The van der Waals surface area contributed by atoms with Crippen molar-refractivity contribution in [2.75, 3.05) is 13.6 Å². The predicted molar refractivity (Wildman–Crippen MR) is 93.7 cm³/mol. The Labute approximate surface area is 142 Å². The number of likely N-dealkylation sites (N-methyl/N-ethyl adjacent to an activating group) is 1. The Balaban J connectivity index is 2.15. The van der Waals surface area contributed by atoms with E-state index >= 15 is 0 Å². The van der Waals surface area contributed by atoms with Crippen molar-refractivity contribution in [3.8, 4) is 0 Å². The number of amides is 3. The Morgan fingerprint density at radius 1 is 1.35 bits per heavy atom. The summed E-state index contributed by atoms with van der Waals surface area (Å²) in [4.78, 5) is 28.8. The van der Waals surface area contributed by atoms with E-state index in [0.29, 0.717) is 6.54 Å². The molecule has 0 aliphatic carbocycles. The van der Waals surface area contributed by atoms with Crippen molar-refractivity contribution in [2.24, 2.45) is 5.92 Å². The van der Waals surface area contributed by atoms with E-state index < -0.39 is 0 Å². The zero-order valence-corrected chi connectivity index (χ0v) is 15.4. The first-order valence-electron chi connectivity index (χ1n) is 8.20. The highest BCUT2D eigenvalue weighted by Gasteiger charge is 2.35. The zero-order chi connectivity index (χ0) is 17.1. The fourth-order valence-corrected chi connectivity index (χ4v) is 4.20. The number of aryl methyl sites for hydroxylation is 2. The van der Waals surface area contributed by atoms with Crippen molar-refractivity contribution >= 4 is 23.3 Å². The molecule has 0 spiro atoms. The minimum Gasteiger partial charge on any atom is -0.357 e. The summed E-state index contributed by atoms with van der Waals surface area (Å²) < 4.78 is 0. The van der Waals surface area contributed by atoms with Gasteiger partial charge in [-0.2, -0.15) is 0 Å². The Morgan fingerprint density at radius 2 is 2.04 bits per heavy atom. The van der Waals surface area contributed by atoms with E-state index in [0.717, 1.165) is 12.8 Å². The monoisotopic (exact) mass is 337 g/mol. The van der Waals surface area contributed by atoms with Gasteiger partial charge in [-0.25, -0.2) is 4.79 Å². The van der Waals surface area contributed by atoms with Crippen LogP contribution in [0.3, 0.4) is 0 Å². The number of nitrogens with one attached hydrogen (secondary N) is 2. The van der Waals surface area contributed by atoms with Gasteiger partial charge in [-0.1, -0.05) is 13.8 Å². The molecule has 0 aromatic carbocycles. The fraction of sp³-hybridized carbons (Fsp3) is 0.647. The molecule has 5 nitrogen and oxygen atoms in total. The van der Waals surface area contributed by atoms with Crippen LogP contribution in [-0.4, -0.2) is 36.5 Å². The Morgan fingerprint density at radius 3 is 2.57 bits per heavy atom. The Bertz CT molecular complexity index is 582. The molecular formula is C17H27N3O2S. The van der Waals surface area contributed by atoms with Gasteiger partial charge in [-0.3, -0.25) is 4.79 Å². The first-order valence-corrected chi connectivity index (χ1v) is 9.02. The molecule has 2 atom stereocenters. The largest absolute Gasteiger partial charge is 0.357 e. The van der Waals surface area contributed by atoms with Gasteiger partial charge in [0.2, 0.25) is 5.91 Å². The lowest BCUT2D eigenvalue weighted by molar-refractivity contribution is -0.124. The standard InChI is InChI=1S/C17H27N3O2S/c1-10(2)15(13-9-11(3)23-12(13)4)19-17(22)20-8-6-7-14(20)16(21)18-5/h9-10,14-15H,6-8H2,1-5H3,(H,18,21)(H,19,22)/t14-,15+/m0/s1. The minimum absolute atomic E-state index is 0.0293. The van der Waals surface area contributed by atoms with Crippen molar-refractivity contribution in [3.63, 3.8) is 0 Å². The van der Waals surface area contributed by atoms with Gasteiger partial charge >= 0.3 is 6.03 Å². The molecule has 128 valence electrons. The van der Waals surface area contributed by atoms with Gasteiger partial charge < -0.3 is 15.5 Å². The van der Waals surface area contributed by atoms with Gasteiger partial charge in [0.25, 0.3) is 0 Å². The molecular weight excluding hydrogens is 310 g/mol. The molecule has 1 aromatic rings. The number of nitrogens with zero attached hydrogens (tertiary/aromatic N) is 1. The fourth-order valence-electron chi connectivity index (χ4n) is 3.23. The molecule has 6 heteroatoms. The van der Waals surface area contributed by atoms with E-state index in [2.05, 4.69) is 44.4 Å². The molecule has 1 aliphatic rings. The highest BCUT2D eigenvalue weighted by molar-refractivity contribution is 7.12. The van der Waals surface area contributed by atoms with Crippen LogP contribution in [0.5, 0.6) is 0 Å². The molecule has 1 aliphatic heterocycles. The second-order valence-electron chi connectivity index (χ2n) is 6.51. The Kier molecular flexibility index (Phi) is 5.68. The average molecular weight is 337 g/mol. The number of rotatable bonds is 4. The number of carbonyl (C=O) groups excluding carboxylic acids is 2. The van der Waals surface area contributed by atoms with E-state index in [9.17, 15) is 9.59 Å². The maximum absolute atomic E-state index is 12.7. The third kappa shape index (κ3) is 3.86. The molecule has 1 saturated heterocycles. The van der Waals surface area contributed by atoms with E-state index in [-0.39, 0.29) is 29.9 Å². The van der Waals surface area contributed by atoms with E-state index in [1.54, 1.807) is 23.3 Å². The summed E-state index contributed by atoms with van der Waals surface area (Å²) in [6.07, 6.45) is 1.60. The van der Waals surface area contributed by atoms with E-state index in [1.807, 2.05) is 0 Å². The average Bonchev–Trinajstić information content (AvgIpc) is 3.10. The van der Waals surface area contributed by atoms with Crippen LogP contribution in [0.15, 0.2) is 6.07 Å². The van der Waals surface area contributed by atoms with Crippen molar-refractivity contribution in [2.45, 2.75) is 52.6 Å². The second-order valence-corrected chi connectivity index (χ2v) is 7.97. The highest BCUT2D eigenvalue weighted by atomic mass is 32.1. The molecule has 3 amide bonds. The van der Waals surface area contributed by atoms with Crippen LogP contribution >= 0.6 is 11.3 Å². The third-order valence-corrected chi connectivity index (χ3v) is 5.40. The van der Waals surface area contributed by atoms with Crippen molar-refractivity contribution in [1.29, 1.82) is 0 Å². The van der Waals surface area contributed by atoms with Crippen LogP contribution in [0.2, 0.25) is 0 Å². The van der Waals surface area contributed by atoms with Crippen molar-refractivity contribution < 1.29 is 9.59 Å². The summed E-state index contributed by atoms with van der Waals surface area (Å²) in [6.45, 7) is 9.03. The minimum atomic E-state index is -0.349. The van der Waals surface area contributed by atoms with Gasteiger partial charge in [-0.15, -0.1) is 11.3 Å². The SMILES string of the molecule is CNC(=O)[C@@H]1CCCN1C(=O)N[C@@H](c1cc(C)sc1C)C(C)C. The second kappa shape index (κ2) is 7.34. The number of thiophene rings is 1. The molecule has 2 heterocycles. The maximum Gasteiger partial charge on any atom is 0.318 e. The normalized spacial score (nSPS) is 19.0. The quantitative estimate of drug-likeness (QED) is 0.887. The number of hydrogen-bond acceptors (Lipinski definition) is 3. The molecule has 23 heavy (non-hydrogen) atoms. The van der Waals surface area contributed by atoms with Crippen molar-refractivity contribution in [1.82, 2.24) is 15.5 Å². The topological polar surface area (TPSA) is 61.4 Å². The first-order chi connectivity index (χ1) is 10.8. The summed E-state index contributed by atoms with van der Waals surface area (Å²) in [5.41, 5.74) is 1.19. The molecule has 0 bridgehead atoms. The molecule has 1 fully saturated rings. The Hall–Kier alpha value is -1.56. The molecule has 0 unspecified atom stereocenters. The van der Waals surface area contributed by atoms with Gasteiger partial charge in [0.1, 0.15) is 6.04 Å². The van der Waals surface area contributed by atoms with Crippen LogP contribution < -0.4 is 10.6 Å². The van der Waals surface area contributed by atoms with Crippen LogP contribution in [0.1, 0.15) is 48.0 Å². The van der Waals surface area contributed by atoms with Crippen LogP contribution in [-0.2, 0) is 4.79 Å². The highest BCUT2D eigenvalue weighted by Crippen LogP contribution is 2.31. The smallest absolute Gasteiger partial charge is 0.318 e. The number of carbonyl (C=O) groups is 2. The predicted octanol–water partition coefficient (Wildman–Crippen LogP) is 2.98. The van der Waals surface area contributed by atoms with Gasteiger partial charge in [-0.05, 0) is 44.2 Å². The molecule has 2 N–H and O–H groups in total. The van der Waals surface area contributed by atoms with Gasteiger partial charge in [0, 0.05) is 23.3 Å². The zero-order valence-electron chi connectivity index (χ0n) is 14.6. The summed E-state index contributed by atoms with van der Waals surface area (Å²) in [5, 5.41) is 5.80. The lowest BCUT2D eigenvalue weighted by atomic mass is 9.96. The van der Waals surface area contributed by atoms with Crippen LogP contribution in [0.25, 0.3) is 0 Å². The lowest BCUT2D eigenvalue weighted by Gasteiger charge is -2.29. The summed E-state index contributed by atoms with van der Waals surface area (Å²) in [7, 11) is 1.62.